The van der Waals surface area contributed by atoms with E-state index < -0.39 is 0 Å². The van der Waals surface area contributed by atoms with Crippen LogP contribution in [0.2, 0.25) is 0 Å². The quantitative estimate of drug-likeness (QED) is 0.817. The summed E-state index contributed by atoms with van der Waals surface area (Å²) in [6, 6.07) is 0.565. The van der Waals surface area contributed by atoms with Crippen molar-refractivity contribution in [2.24, 2.45) is 0 Å². The fourth-order valence-corrected chi connectivity index (χ4v) is 5.09. The average Bonchev–Trinajstić information content (AvgIpc) is 3.32. The first-order valence-electron chi connectivity index (χ1n) is 9.79. The van der Waals surface area contributed by atoms with E-state index in [-0.39, 0.29) is 5.91 Å². The van der Waals surface area contributed by atoms with Crippen molar-refractivity contribution in [2.75, 3.05) is 6.54 Å². The van der Waals surface area contributed by atoms with Crippen LogP contribution in [0, 0.1) is 0 Å². The van der Waals surface area contributed by atoms with Crippen molar-refractivity contribution in [3.8, 4) is 0 Å². The number of carbonyl (C=O) groups excluding carboxylic acids is 1. The highest BCUT2D eigenvalue weighted by molar-refractivity contribution is 7.10. The fraction of sp³-hybridized carbons (Fsp3) is 0.632. The Balaban J connectivity index is 1.28. The first-order chi connectivity index (χ1) is 12.8. The molecule has 7 heteroatoms. The molecule has 140 valence electrons. The topological polar surface area (TPSA) is 71.8 Å². The van der Waals surface area contributed by atoms with Crippen LogP contribution in [0.5, 0.6) is 0 Å². The molecule has 0 radical (unpaired) electrons. The Morgan fingerprint density at radius 3 is 3.12 bits per heavy atom. The second kappa shape index (κ2) is 8.31. The zero-order valence-electron chi connectivity index (χ0n) is 15.2. The monoisotopic (exact) mass is 373 g/mol. The Morgan fingerprint density at radius 2 is 2.23 bits per heavy atom. The highest BCUT2D eigenvalue weighted by Crippen LogP contribution is 2.30. The first-order valence-corrected chi connectivity index (χ1v) is 10.7. The number of rotatable bonds is 6. The minimum atomic E-state index is -0.136. The minimum Gasteiger partial charge on any atom is -0.346 e. The van der Waals surface area contributed by atoms with Crippen molar-refractivity contribution < 1.29 is 4.79 Å². The molecule has 2 N–H and O–H groups in total. The van der Waals surface area contributed by atoms with Gasteiger partial charge in [-0.05, 0) is 68.0 Å². The molecule has 4 rings (SSSR count). The van der Waals surface area contributed by atoms with E-state index in [1.165, 1.54) is 54.5 Å². The summed E-state index contributed by atoms with van der Waals surface area (Å²) >= 11 is 1.83. The van der Waals surface area contributed by atoms with Gasteiger partial charge in [0, 0.05) is 24.0 Å². The highest BCUT2D eigenvalue weighted by Gasteiger charge is 2.17. The highest BCUT2D eigenvalue weighted by atomic mass is 32.1. The van der Waals surface area contributed by atoms with E-state index in [0.717, 1.165) is 25.9 Å². The third-order valence-corrected chi connectivity index (χ3v) is 6.62. The lowest BCUT2D eigenvalue weighted by Crippen LogP contribution is -2.34. The molecule has 26 heavy (non-hydrogen) atoms. The normalized spacial score (nSPS) is 19.9. The van der Waals surface area contributed by atoms with Crippen LogP contribution in [-0.4, -0.2) is 33.5 Å². The molecule has 1 fully saturated rings. The third-order valence-electron chi connectivity index (χ3n) is 5.48. The largest absolute Gasteiger partial charge is 0.346 e. The smallest absolute Gasteiger partial charge is 0.273 e. The summed E-state index contributed by atoms with van der Waals surface area (Å²) in [5.74, 6) is -0.136. The maximum atomic E-state index is 12.4. The van der Waals surface area contributed by atoms with E-state index >= 15 is 0 Å². The van der Waals surface area contributed by atoms with E-state index in [4.69, 9.17) is 0 Å². The van der Waals surface area contributed by atoms with Gasteiger partial charge in [-0.25, -0.2) is 0 Å². The zero-order chi connectivity index (χ0) is 17.8. The van der Waals surface area contributed by atoms with Crippen LogP contribution < -0.4 is 10.6 Å². The summed E-state index contributed by atoms with van der Waals surface area (Å²) in [5, 5.41) is 16.9. The number of nitrogens with one attached hydrogen (secondary N) is 2. The summed E-state index contributed by atoms with van der Waals surface area (Å²) in [6.45, 7) is 2.50. The van der Waals surface area contributed by atoms with Crippen LogP contribution in [0.3, 0.4) is 0 Å². The molecule has 1 aliphatic heterocycles. The molecule has 3 heterocycles. The van der Waals surface area contributed by atoms with Crippen LogP contribution in [0.25, 0.3) is 0 Å². The number of aryl methyl sites for hydroxylation is 2. The lowest BCUT2D eigenvalue weighted by atomic mass is 9.96. The van der Waals surface area contributed by atoms with E-state index in [2.05, 4.69) is 26.3 Å². The number of carbonyl (C=O) groups is 1. The molecule has 2 aliphatic rings. The molecule has 0 spiro atoms. The summed E-state index contributed by atoms with van der Waals surface area (Å²) in [4.78, 5) is 13.9. The number of hydrogen-bond donors (Lipinski definition) is 2. The van der Waals surface area contributed by atoms with E-state index in [0.29, 0.717) is 18.3 Å². The number of nitrogens with zero attached hydrogens (tertiary/aromatic N) is 3. The van der Waals surface area contributed by atoms with Gasteiger partial charge in [-0.2, -0.15) is 0 Å². The summed E-state index contributed by atoms with van der Waals surface area (Å²) in [6.07, 6.45) is 11.5. The molecule has 1 aliphatic carbocycles. The van der Waals surface area contributed by atoms with Crippen molar-refractivity contribution in [3.05, 3.63) is 33.3 Å². The molecular weight excluding hydrogens is 346 g/mol. The zero-order valence-corrected chi connectivity index (χ0v) is 16.0. The molecule has 2 aromatic heterocycles. The summed E-state index contributed by atoms with van der Waals surface area (Å²) in [5.41, 5.74) is 3.14. The Morgan fingerprint density at radius 1 is 1.31 bits per heavy atom. The molecular formula is C19H27N5OS. The number of thiophene rings is 1. The van der Waals surface area contributed by atoms with Crippen molar-refractivity contribution in [1.82, 2.24) is 25.6 Å². The molecule has 2 aromatic rings. The van der Waals surface area contributed by atoms with Crippen molar-refractivity contribution in [1.29, 1.82) is 0 Å². The van der Waals surface area contributed by atoms with Gasteiger partial charge >= 0.3 is 0 Å². The molecule has 1 amide bonds. The predicted molar refractivity (Wildman–Crippen MR) is 102 cm³/mol. The number of amides is 1. The maximum absolute atomic E-state index is 12.4. The summed E-state index contributed by atoms with van der Waals surface area (Å²) < 4.78 is 1.79. The van der Waals surface area contributed by atoms with Gasteiger partial charge in [0.1, 0.15) is 0 Å². The maximum Gasteiger partial charge on any atom is 0.273 e. The number of hydrogen-bond acceptors (Lipinski definition) is 5. The van der Waals surface area contributed by atoms with Gasteiger partial charge in [-0.3, -0.25) is 9.48 Å². The first kappa shape index (κ1) is 17.7. The SMILES string of the molecule is O=C(NCc1csc2c1CCCC2)c1cn(CC[C@H]2CCCCN2)nn1. The second-order valence-electron chi connectivity index (χ2n) is 7.35. The second-order valence-corrected chi connectivity index (χ2v) is 8.32. The summed E-state index contributed by atoms with van der Waals surface area (Å²) in [7, 11) is 0. The van der Waals surface area contributed by atoms with E-state index in [1.54, 1.807) is 10.9 Å². The van der Waals surface area contributed by atoms with Crippen molar-refractivity contribution in [3.63, 3.8) is 0 Å². The lowest BCUT2D eigenvalue weighted by Gasteiger charge is -2.23. The predicted octanol–water partition coefficient (Wildman–Crippen LogP) is 2.68. The fourth-order valence-electron chi connectivity index (χ4n) is 3.95. The third kappa shape index (κ3) is 4.15. The Labute approximate surface area is 158 Å². The Bertz CT molecular complexity index is 747. The van der Waals surface area contributed by atoms with Gasteiger partial charge in [0.2, 0.25) is 0 Å². The minimum absolute atomic E-state index is 0.136. The number of piperidine rings is 1. The van der Waals surface area contributed by atoms with Crippen LogP contribution in [0.1, 0.15) is 65.0 Å². The van der Waals surface area contributed by atoms with Gasteiger partial charge in [-0.1, -0.05) is 11.6 Å². The Hall–Kier alpha value is -1.73. The van der Waals surface area contributed by atoms with E-state index in [9.17, 15) is 4.79 Å². The van der Waals surface area contributed by atoms with Crippen LogP contribution in [0.4, 0.5) is 0 Å². The number of fused-ring (bicyclic) bond motifs is 1. The van der Waals surface area contributed by atoms with Crippen molar-refractivity contribution in [2.45, 2.75) is 70.5 Å². The standard InChI is InChI=1S/C19H27N5OS/c25-19(21-11-14-13-26-18-7-2-1-6-16(14)18)17-12-24(23-22-17)10-8-15-5-3-4-9-20-15/h12-13,15,20H,1-11H2,(H,21,25)/t15-/m1/s1. The number of aromatic nitrogens is 3. The van der Waals surface area contributed by atoms with Crippen LogP contribution in [0.15, 0.2) is 11.6 Å². The molecule has 0 bridgehead atoms. The van der Waals surface area contributed by atoms with Gasteiger partial charge in [0.15, 0.2) is 5.69 Å². The van der Waals surface area contributed by atoms with Gasteiger partial charge in [0.25, 0.3) is 5.91 Å². The molecule has 1 saturated heterocycles. The van der Waals surface area contributed by atoms with Crippen LogP contribution >= 0.6 is 11.3 Å². The molecule has 0 saturated carbocycles. The van der Waals surface area contributed by atoms with Crippen LogP contribution in [-0.2, 0) is 25.9 Å². The molecule has 6 nitrogen and oxygen atoms in total. The molecule has 0 unspecified atom stereocenters. The van der Waals surface area contributed by atoms with E-state index in [1.807, 2.05) is 11.3 Å². The lowest BCUT2D eigenvalue weighted by molar-refractivity contribution is 0.0945. The average molecular weight is 374 g/mol. The molecule has 0 aromatic carbocycles. The Kier molecular flexibility index (Phi) is 5.65. The molecule has 1 atom stereocenters. The van der Waals surface area contributed by atoms with Gasteiger partial charge in [-0.15, -0.1) is 16.4 Å². The van der Waals surface area contributed by atoms with Gasteiger partial charge < -0.3 is 10.6 Å². The van der Waals surface area contributed by atoms with Crippen molar-refractivity contribution >= 4 is 17.2 Å². The van der Waals surface area contributed by atoms with Gasteiger partial charge in [0.05, 0.1) is 6.20 Å².